The van der Waals surface area contributed by atoms with Crippen LogP contribution >= 0.6 is 0 Å². The molecule has 102 valence electrons. The van der Waals surface area contributed by atoms with Crippen molar-refractivity contribution < 1.29 is 4.39 Å². The van der Waals surface area contributed by atoms with Crippen molar-refractivity contribution >= 4 is 5.69 Å². The van der Waals surface area contributed by atoms with Gasteiger partial charge in [-0.25, -0.2) is 4.39 Å². The van der Waals surface area contributed by atoms with Crippen LogP contribution in [0.25, 0.3) is 0 Å². The second-order valence-electron chi connectivity index (χ2n) is 4.85. The van der Waals surface area contributed by atoms with Crippen molar-refractivity contribution in [1.29, 1.82) is 0 Å². The van der Waals surface area contributed by atoms with Crippen molar-refractivity contribution in [3.63, 3.8) is 0 Å². The van der Waals surface area contributed by atoms with Gasteiger partial charge in [-0.2, -0.15) is 0 Å². The van der Waals surface area contributed by atoms with Crippen LogP contribution in [0, 0.1) is 0 Å². The molecule has 0 N–H and O–H groups in total. The lowest BCUT2D eigenvalue weighted by atomic mass is 10.0. The van der Waals surface area contributed by atoms with Crippen LogP contribution < -0.4 is 4.90 Å². The number of aryl methyl sites for hydroxylation is 1. The summed E-state index contributed by atoms with van der Waals surface area (Å²) in [5.74, 6) is 0. The SMILES string of the molecule is CCc1ccccc1N(CCF)CC1=CCCC=C1. The minimum absolute atomic E-state index is 0.310. The highest BCUT2D eigenvalue weighted by atomic mass is 19.1. The molecule has 0 aliphatic heterocycles. The fourth-order valence-corrected chi connectivity index (χ4v) is 2.51. The van der Waals surface area contributed by atoms with Gasteiger partial charge >= 0.3 is 0 Å². The van der Waals surface area contributed by atoms with Gasteiger partial charge in [-0.3, -0.25) is 0 Å². The third kappa shape index (κ3) is 3.69. The first-order valence-electron chi connectivity index (χ1n) is 7.09. The monoisotopic (exact) mass is 259 g/mol. The molecular formula is C17H22FN. The van der Waals surface area contributed by atoms with Gasteiger partial charge in [-0.1, -0.05) is 43.4 Å². The van der Waals surface area contributed by atoms with Crippen molar-refractivity contribution in [2.75, 3.05) is 24.7 Å². The van der Waals surface area contributed by atoms with E-state index in [2.05, 4.69) is 48.3 Å². The zero-order chi connectivity index (χ0) is 13.5. The normalized spacial score (nSPS) is 14.3. The van der Waals surface area contributed by atoms with E-state index in [1.54, 1.807) is 0 Å². The van der Waals surface area contributed by atoms with E-state index in [4.69, 9.17) is 0 Å². The van der Waals surface area contributed by atoms with E-state index in [0.717, 1.165) is 25.8 Å². The number of benzene rings is 1. The molecule has 19 heavy (non-hydrogen) atoms. The maximum atomic E-state index is 12.8. The third-order valence-electron chi connectivity index (χ3n) is 3.51. The van der Waals surface area contributed by atoms with Crippen molar-refractivity contribution in [3.8, 4) is 0 Å². The molecule has 1 aromatic carbocycles. The molecule has 0 radical (unpaired) electrons. The van der Waals surface area contributed by atoms with Gasteiger partial charge < -0.3 is 4.90 Å². The zero-order valence-electron chi connectivity index (χ0n) is 11.6. The average molecular weight is 259 g/mol. The summed E-state index contributed by atoms with van der Waals surface area (Å²) in [5.41, 5.74) is 3.75. The highest BCUT2D eigenvalue weighted by Gasteiger charge is 2.11. The van der Waals surface area contributed by atoms with Crippen LogP contribution in [0.4, 0.5) is 10.1 Å². The van der Waals surface area contributed by atoms with Crippen LogP contribution in [0.1, 0.15) is 25.3 Å². The smallest absolute Gasteiger partial charge is 0.107 e. The molecule has 0 bridgehead atoms. The molecule has 1 aromatic rings. The Morgan fingerprint density at radius 2 is 2.05 bits per heavy atom. The van der Waals surface area contributed by atoms with Gasteiger partial charge in [0, 0.05) is 18.8 Å². The molecular weight excluding hydrogens is 237 g/mol. The Balaban J connectivity index is 2.19. The highest BCUT2D eigenvalue weighted by molar-refractivity contribution is 5.55. The number of anilines is 1. The van der Waals surface area contributed by atoms with E-state index in [-0.39, 0.29) is 6.67 Å². The molecule has 1 aliphatic carbocycles. The van der Waals surface area contributed by atoms with Gasteiger partial charge in [-0.05, 0) is 36.5 Å². The Bertz CT molecular complexity index is 462. The first-order valence-corrected chi connectivity index (χ1v) is 7.09. The number of para-hydroxylation sites is 1. The zero-order valence-corrected chi connectivity index (χ0v) is 11.6. The van der Waals surface area contributed by atoms with E-state index in [0.29, 0.717) is 6.54 Å². The Labute approximate surface area is 115 Å². The van der Waals surface area contributed by atoms with Gasteiger partial charge in [0.25, 0.3) is 0 Å². The molecule has 0 amide bonds. The van der Waals surface area contributed by atoms with E-state index >= 15 is 0 Å². The topological polar surface area (TPSA) is 3.24 Å². The summed E-state index contributed by atoms with van der Waals surface area (Å²) in [6, 6.07) is 8.31. The van der Waals surface area contributed by atoms with Crippen molar-refractivity contribution in [3.05, 3.63) is 53.6 Å². The summed E-state index contributed by atoms with van der Waals surface area (Å²) in [4.78, 5) is 2.15. The van der Waals surface area contributed by atoms with Crippen LogP contribution in [0.5, 0.6) is 0 Å². The van der Waals surface area contributed by atoms with Crippen molar-refractivity contribution in [1.82, 2.24) is 0 Å². The highest BCUT2D eigenvalue weighted by Crippen LogP contribution is 2.23. The first kappa shape index (κ1) is 13.9. The Morgan fingerprint density at radius 3 is 2.74 bits per heavy atom. The van der Waals surface area contributed by atoms with Crippen molar-refractivity contribution in [2.24, 2.45) is 0 Å². The van der Waals surface area contributed by atoms with E-state index in [1.807, 2.05) is 6.07 Å². The number of hydrogen-bond acceptors (Lipinski definition) is 1. The number of alkyl halides is 1. The standard InChI is InChI=1S/C17H22FN/c1-2-16-10-6-7-11-17(16)19(13-12-18)14-15-8-4-3-5-9-15/h4,6-11H,2-3,5,12-14H2,1H3. The number of nitrogens with zero attached hydrogens (tertiary/aromatic N) is 1. The molecule has 0 aromatic heterocycles. The molecule has 0 spiro atoms. The minimum atomic E-state index is -0.310. The molecule has 0 atom stereocenters. The Kier molecular flexibility index (Phi) is 5.20. The second kappa shape index (κ2) is 7.13. The summed E-state index contributed by atoms with van der Waals surface area (Å²) >= 11 is 0. The number of allylic oxidation sites excluding steroid dienone is 2. The fraction of sp³-hybridized carbons (Fsp3) is 0.412. The van der Waals surface area contributed by atoms with Gasteiger partial charge in [0.05, 0.1) is 0 Å². The second-order valence-corrected chi connectivity index (χ2v) is 4.85. The molecule has 0 heterocycles. The summed E-state index contributed by atoms with van der Waals surface area (Å²) in [7, 11) is 0. The maximum absolute atomic E-state index is 12.8. The predicted molar refractivity (Wildman–Crippen MR) is 80.5 cm³/mol. The maximum Gasteiger partial charge on any atom is 0.107 e. The molecule has 0 fully saturated rings. The summed E-state index contributed by atoms with van der Waals surface area (Å²) in [6.45, 7) is 3.10. The van der Waals surface area contributed by atoms with Crippen LogP contribution in [0.3, 0.4) is 0 Å². The fourth-order valence-electron chi connectivity index (χ4n) is 2.51. The lowest BCUT2D eigenvalue weighted by molar-refractivity contribution is 0.493. The van der Waals surface area contributed by atoms with Crippen LogP contribution in [-0.4, -0.2) is 19.8 Å². The van der Waals surface area contributed by atoms with E-state index in [9.17, 15) is 4.39 Å². The Morgan fingerprint density at radius 1 is 1.21 bits per heavy atom. The van der Waals surface area contributed by atoms with Crippen LogP contribution in [0.15, 0.2) is 48.1 Å². The molecule has 2 rings (SSSR count). The van der Waals surface area contributed by atoms with Gasteiger partial charge in [-0.15, -0.1) is 0 Å². The molecule has 1 nitrogen and oxygen atoms in total. The lowest BCUT2D eigenvalue weighted by Crippen LogP contribution is -2.28. The molecule has 0 saturated carbocycles. The predicted octanol–water partition coefficient (Wildman–Crippen LogP) is 4.30. The number of rotatable bonds is 6. The summed E-state index contributed by atoms with van der Waals surface area (Å²) in [5, 5.41) is 0. The summed E-state index contributed by atoms with van der Waals surface area (Å²) < 4.78 is 12.8. The average Bonchev–Trinajstić information content (AvgIpc) is 2.48. The quantitative estimate of drug-likeness (QED) is 0.736. The van der Waals surface area contributed by atoms with Gasteiger partial charge in [0.15, 0.2) is 0 Å². The number of halogens is 1. The van der Waals surface area contributed by atoms with Crippen LogP contribution in [0.2, 0.25) is 0 Å². The largest absolute Gasteiger partial charge is 0.364 e. The van der Waals surface area contributed by atoms with E-state index in [1.165, 1.54) is 16.8 Å². The van der Waals surface area contributed by atoms with Crippen LogP contribution in [-0.2, 0) is 6.42 Å². The lowest BCUT2D eigenvalue weighted by Gasteiger charge is -2.27. The minimum Gasteiger partial charge on any atom is -0.364 e. The van der Waals surface area contributed by atoms with Gasteiger partial charge in [0.1, 0.15) is 6.67 Å². The molecule has 2 heteroatoms. The number of hydrogen-bond donors (Lipinski definition) is 0. The van der Waals surface area contributed by atoms with E-state index < -0.39 is 0 Å². The van der Waals surface area contributed by atoms with Gasteiger partial charge in [0.2, 0.25) is 0 Å². The van der Waals surface area contributed by atoms with Crippen molar-refractivity contribution in [2.45, 2.75) is 26.2 Å². The first-order chi connectivity index (χ1) is 9.35. The third-order valence-corrected chi connectivity index (χ3v) is 3.51. The molecule has 0 saturated heterocycles. The summed E-state index contributed by atoms with van der Waals surface area (Å²) in [6.07, 6.45) is 9.84. The Hall–Kier alpha value is -1.57. The molecule has 0 unspecified atom stereocenters. The molecule has 1 aliphatic rings.